The van der Waals surface area contributed by atoms with Crippen LogP contribution in [0.2, 0.25) is 0 Å². The number of nitrogens with zero attached hydrogens (tertiary/aromatic N) is 1. The molecule has 0 saturated carbocycles. The highest BCUT2D eigenvalue weighted by atomic mass is 32.2. The Morgan fingerprint density at radius 3 is 2.52 bits per heavy atom. The van der Waals surface area contributed by atoms with E-state index in [1.54, 1.807) is 37.3 Å². The van der Waals surface area contributed by atoms with Crippen molar-refractivity contribution in [3.8, 4) is 11.5 Å². The molecule has 2 aromatic carbocycles. The smallest absolute Gasteiger partial charge is 0.319 e. The fourth-order valence-corrected chi connectivity index (χ4v) is 3.29. The second-order valence-electron chi connectivity index (χ2n) is 6.15. The van der Waals surface area contributed by atoms with Crippen molar-refractivity contribution in [1.82, 2.24) is 0 Å². The molecule has 0 aliphatic carbocycles. The lowest BCUT2D eigenvalue weighted by molar-refractivity contribution is -0.384. The van der Waals surface area contributed by atoms with Crippen LogP contribution in [-0.2, 0) is 14.3 Å². The van der Waals surface area contributed by atoms with Gasteiger partial charge < -0.3 is 19.5 Å². The average Bonchev–Trinajstić information content (AvgIpc) is 3.16. The maximum atomic E-state index is 12.3. The van der Waals surface area contributed by atoms with Gasteiger partial charge in [-0.15, -0.1) is 11.8 Å². The molecule has 1 N–H and O–H groups in total. The predicted molar refractivity (Wildman–Crippen MR) is 105 cm³/mol. The summed E-state index contributed by atoms with van der Waals surface area (Å²) in [5.41, 5.74) is 0.467. The molecule has 1 heterocycles. The summed E-state index contributed by atoms with van der Waals surface area (Å²) in [6.45, 7) is 3.24. The number of non-ortho nitro benzene ring substituents is 1. The molecule has 0 spiro atoms. The van der Waals surface area contributed by atoms with Gasteiger partial charge in [0.05, 0.1) is 4.92 Å². The minimum Gasteiger partial charge on any atom is -0.454 e. The minimum atomic E-state index is -1.01. The topological polar surface area (TPSA) is 117 Å². The zero-order valence-electron chi connectivity index (χ0n) is 15.6. The highest BCUT2D eigenvalue weighted by Gasteiger charge is 2.23. The lowest BCUT2D eigenvalue weighted by Crippen LogP contribution is -2.32. The van der Waals surface area contributed by atoms with E-state index in [2.05, 4.69) is 5.32 Å². The number of hydrogen-bond donors (Lipinski definition) is 1. The summed E-state index contributed by atoms with van der Waals surface area (Å²) in [5, 5.41) is 12.7. The van der Waals surface area contributed by atoms with Crippen LogP contribution in [-0.4, -0.2) is 34.9 Å². The van der Waals surface area contributed by atoms with Gasteiger partial charge in [0.2, 0.25) is 6.79 Å². The fraction of sp³-hybridized carbons (Fsp3) is 0.263. The lowest BCUT2D eigenvalue weighted by Gasteiger charge is -2.16. The first kappa shape index (κ1) is 20.5. The average molecular weight is 418 g/mol. The Bertz CT molecular complexity index is 933. The molecular weight excluding hydrogens is 400 g/mol. The summed E-state index contributed by atoms with van der Waals surface area (Å²) in [4.78, 5) is 35.4. The van der Waals surface area contributed by atoms with Crippen molar-refractivity contribution in [2.24, 2.45) is 0 Å². The third-order valence-electron chi connectivity index (χ3n) is 3.99. The van der Waals surface area contributed by atoms with Gasteiger partial charge >= 0.3 is 5.97 Å². The van der Waals surface area contributed by atoms with Gasteiger partial charge in [-0.25, -0.2) is 0 Å². The number of carbonyl (C=O) groups is 2. The molecule has 29 heavy (non-hydrogen) atoms. The van der Waals surface area contributed by atoms with Gasteiger partial charge in [0.1, 0.15) is 5.25 Å². The number of amides is 1. The third kappa shape index (κ3) is 5.17. The van der Waals surface area contributed by atoms with Crippen LogP contribution in [0.1, 0.15) is 13.8 Å². The Balaban J connectivity index is 1.52. The molecule has 9 nitrogen and oxygen atoms in total. The Morgan fingerprint density at radius 1 is 1.14 bits per heavy atom. The normalized spacial score (nSPS) is 14.0. The van der Waals surface area contributed by atoms with Gasteiger partial charge in [-0.2, -0.15) is 0 Å². The minimum absolute atomic E-state index is 0.0293. The molecule has 0 radical (unpaired) electrons. The number of esters is 1. The predicted octanol–water partition coefficient (Wildman–Crippen LogP) is 3.37. The van der Waals surface area contributed by atoms with E-state index in [1.807, 2.05) is 0 Å². The van der Waals surface area contributed by atoms with E-state index in [0.29, 0.717) is 22.1 Å². The molecular formula is C19H18N2O7S. The molecule has 3 rings (SSSR count). The van der Waals surface area contributed by atoms with Crippen molar-refractivity contribution in [3.63, 3.8) is 0 Å². The van der Waals surface area contributed by atoms with Crippen molar-refractivity contribution < 1.29 is 28.7 Å². The summed E-state index contributed by atoms with van der Waals surface area (Å²) in [5.74, 6) is 0.0755. The highest BCUT2D eigenvalue weighted by Crippen LogP contribution is 2.34. The lowest BCUT2D eigenvalue weighted by atomic mass is 10.2. The number of anilines is 1. The van der Waals surface area contributed by atoms with Crippen molar-refractivity contribution in [1.29, 1.82) is 0 Å². The second kappa shape index (κ2) is 8.82. The van der Waals surface area contributed by atoms with Crippen molar-refractivity contribution in [2.45, 2.75) is 30.1 Å². The second-order valence-corrected chi connectivity index (χ2v) is 7.56. The molecule has 0 fully saturated rings. The van der Waals surface area contributed by atoms with E-state index < -0.39 is 28.2 Å². The first-order chi connectivity index (χ1) is 13.8. The zero-order chi connectivity index (χ0) is 21.0. The molecule has 2 aromatic rings. The molecule has 0 bridgehead atoms. The maximum Gasteiger partial charge on any atom is 0.319 e. The van der Waals surface area contributed by atoms with Crippen molar-refractivity contribution >= 4 is 35.0 Å². The van der Waals surface area contributed by atoms with Crippen LogP contribution in [0, 0.1) is 10.1 Å². The molecule has 1 amide bonds. The van der Waals surface area contributed by atoms with Gasteiger partial charge in [-0.3, -0.25) is 19.7 Å². The van der Waals surface area contributed by atoms with Crippen LogP contribution >= 0.6 is 11.8 Å². The van der Waals surface area contributed by atoms with Crippen LogP contribution in [0.15, 0.2) is 47.4 Å². The molecule has 1 aliphatic heterocycles. The Labute approximate surface area is 170 Å². The number of nitro groups is 1. The molecule has 10 heteroatoms. The Hall–Kier alpha value is -3.27. The SMILES string of the molecule is CC(OC(=O)C(C)Sc1ccc([N+](=O)[O-])cc1)C(=O)Nc1ccc2c(c1)OCO2. The monoisotopic (exact) mass is 418 g/mol. The van der Waals surface area contributed by atoms with Gasteiger partial charge in [0.15, 0.2) is 17.6 Å². The molecule has 0 saturated heterocycles. The highest BCUT2D eigenvalue weighted by molar-refractivity contribution is 8.00. The van der Waals surface area contributed by atoms with E-state index in [9.17, 15) is 19.7 Å². The standard InChI is InChI=1S/C19H18N2O7S/c1-11(18(22)20-13-3-8-16-17(9-13)27-10-26-16)28-19(23)12(2)29-15-6-4-14(5-7-15)21(24)25/h3-9,11-12H,10H2,1-2H3,(H,20,22). The fourth-order valence-electron chi connectivity index (χ4n) is 2.44. The maximum absolute atomic E-state index is 12.3. The number of nitrogens with one attached hydrogen (secondary N) is 1. The number of hydrogen-bond acceptors (Lipinski definition) is 8. The van der Waals surface area contributed by atoms with Crippen LogP contribution in [0.5, 0.6) is 11.5 Å². The molecule has 2 unspecified atom stereocenters. The largest absolute Gasteiger partial charge is 0.454 e. The first-order valence-electron chi connectivity index (χ1n) is 8.65. The van der Waals surface area contributed by atoms with Crippen LogP contribution in [0.4, 0.5) is 11.4 Å². The number of thioether (sulfide) groups is 1. The Morgan fingerprint density at radius 2 is 1.83 bits per heavy atom. The van der Waals surface area contributed by atoms with E-state index >= 15 is 0 Å². The number of carbonyl (C=O) groups excluding carboxylic acids is 2. The van der Waals surface area contributed by atoms with Crippen LogP contribution in [0.25, 0.3) is 0 Å². The number of fused-ring (bicyclic) bond motifs is 1. The molecule has 2 atom stereocenters. The van der Waals surface area contributed by atoms with Gasteiger partial charge in [-0.05, 0) is 38.1 Å². The third-order valence-corrected chi connectivity index (χ3v) is 5.08. The molecule has 0 aromatic heterocycles. The zero-order valence-corrected chi connectivity index (χ0v) is 16.4. The van der Waals surface area contributed by atoms with E-state index in [4.69, 9.17) is 14.2 Å². The number of rotatable bonds is 7. The van der Waals surface area contributed by atoms with Gasteiger partial charge in [-0.1, -0.05) is 0 Å². The van der Waals surface area contributed by atoms with Crippen LogP contribution in [0.3, 0.4) is 0 Å². The summed E-state index contributed by atoms with van der Waals surface area (Å²) in [6.07, 6.45) is -1.01. The van der Waals surface area contributed by atoms with E-state index in [1.165, 1.54) is 30.8 Å². The van der Waals surface area contributed by atoms with Crippen molar-refractivity contribution in [2.75, 3.05) is 12.1 Å². The summed E-state index contributed by atoms with van der Waals surface area (Å²) in [7, 11) is 0. The number of benzene rings is 2. The van der Waals surface area contributed by atoms with Gasteiger partial charge in [0, 0.05) is 28.8 Å². The molecule has 1 aliphatic rings. The van der Waals surface area contributed by atoms with Crippen molar-refractivity contribution in [3.05, 3.63) is 52.6 Å². The quantitative estimate of drug-likeness (QED) is 0.315. The van der Waals surface area contributed by atoms with E-state index in [0.717, 1.165) is 0 Å². The first-order valence-corrected chi connectivity index (χ1v) is 9.53. The number of nitro benzene ring substituents is 1. The summed E-state index contributed by atoms with van der Waals surface area (Å²) < 4.78 is 15.7. The molecule has 152 valence electrons. The summed E-state index contributed by atoms with van der Waals surface area (Å²) in [6, 6.07) is 10.8. The van der Waals surface area contributed by atoms with Gasteiger partial charge in [0.25, 0.3) is 11.6 Å². The summed E-state index contributed by atoms with van der Waals surface area (Å²) >= 11 is 1.18. The Kier molecular flexibility index (Phi) is 6.23. The van der Waals surface area contributed by atoms with E-state index in [-0.39, 0.29) is 12.5 Å². The number of ether oxygens (including phenoxy) is 3. The van der Waals surface area contributed by atoms with Crippen LogP contribution < -0.4 is 14.8 Å².